The van der Waals surface area contributed by atoms with Gasteiger partial charge in [0.1, 0.15) is 0 Å². The first-order chi connectivity index (χ1) is 9.42. The quantitative estimate of drug-likeness (QED) is 0.420. The lowest BCUT2D eigenvalue weighted by atomic mass is 9.94. The van der Waals surface area contributed by atoms with Crippen LogP contribution in [0.5, 0.6) is 0 Å². The Labute approximate surface area is 117 Å². The van der Waals surface area contributed by atoms with Crippen molar-refractivity contribution < 1.29 is 0 Å². The normalized spacial score (nSPS) is 16.3. The maximum atomic E-state index is 5.24. The van der Waals surface area contributed by atoms with E-state index in [4.69, 9.17) is 6.42 Å². The molecule has 0 saturated carbocycles. The molecule has 0 nitrogen and oxygen atoms in total. The summed E-state index contributed by atoms with van der Waals surface area (Å²) in [5.41, 5.74) is 2.94. The third-order valence-corrected chi connectivity index (χ3v) is 3.99. The molecule has 0 amide bonds. The van der Waals surface area contributed by atoms with Gasteiger partial charge in [0.25, 0.3) is 0 Å². The predicted octanol–water partition coefficient (Wildman–Crippen LogP) is 5.55. The van der Waals surface area contributed by atoms with E-state index in [1.165, 1.54) is 56.1 Å². The van der Waals surface area contributed by atoms with Gasteiger partial charge in [0.05, 0.1) is 0 Å². The summed E-state index contributed by atoms with van der Waals surface area (Å²) in [4.78, 5) is 0. The summed E-state index contributed by atoms with van der Waals surface area (Å²) < 4.78 is 0. The van der Waals surface area contributed by atoms with Crippen molar-refractivity contribution in [2.24, 2.45) is 0 Å². The second-order valence-corrected chi connectivity index (χ2v) is 5.46. The Morgan fingerprint density at radius 2 is 1.68 bits per heavy atom. The first kappa shape index (κ1) is 13.9. The molecule has 1 aromatic rings. The maximum Gasteiger partial charge on any atom is 0.00860 e. The summed E-state index contributed by atoms with van der Waals surface area (Å²) in [6, 6.07) is 8.78. The van der Waals surface area contributed by atoms with Gasteiger partial charge >= 0.3 is 0 Å². The van der Waals surface area contributed by atoms with Crippen molar-refractivity contribution in [3.63, 3.8) is 0 Å². The molecule has 0 N–H and O–H groups in total. The zero-order chi connectivity index (χ0) is 13.3. The van der Waals surface area contributed by atoms with E-state index in [0.717, 1.165) is 6.42 Å². The first-order valence-corrected chi connectivity index (χ1v) is 7.62. The molecular formula is C19H24. The molecule has 1 atom stereocenters. The van der Waals surface area contributed by atoms with Gasteiger partial charge in [0.2, 0.25) is 0 Å². The van der Waals surface area contributed by atoms with Gasteiger partial charge in [-0.1, -0.05) is 68.5 Å². The van der Waals surface area contributed by atoms with Gasteiger partial charge < -0.3 is 0 Å². The van der Waals surface area contributed by atoms with Crippen LogP contribution in [0.1, 0.15) is 68.4 Å². The summed E-state index contributed by atoms with van der Waals surface area (Å²) >= 11 is 0. The molecule has 100 valence electrons. The molecule has 0 spiro atoms. The molecule has 0 fully saturated rings. The zero-order valence-corrected chi connectivity index (χ0v) is 11.8. The molecule has 0 heteroatoms. The number of allylic oxidation sites excluding steroid dienone is 1. The molecule has 0 radical (unpaired) electrons. The highest BCUT2D eigenvalue weighted by Crippen LogP contribution is 2.33. The van der Waals surface area contributed by atoms with E-state index in [9.17, 15) is 0 Å². The number of hydrogen-bond donors (Lipinski definition) is 0. The molecule has 0 heterocycles. The maximum absolute atomic E-state index is 5.24. The van der Waals surface area contributed by atoms with Gasteiger partial charge in [-0.2, -0.15) is 0 Å². The minimum absolute atomic E-state index is 0.664. The van der Waals surface area contributed by atoms with Crippen LogP contribution in [0.15, 0.2) is 30.3 Å². The molecule has 1 unspecified atom stereocenters. The Morgan fingerprint density at radius 3 is 2.53 bits per heavy atom. The molecule has 0 bridgehead atoms. The number of fused-ring (bicyclic) bond motifs is 1. The molecule has 0 saturated heterocycles. The molecular weight excluding hydrogens is 228 g/mol. The molecule has 1 aromatic carbocycles. The van der Waals surface area contributed by atoms with Crippen molar-refractivity contribution in [3.05, 3.63) is 41.5 Å². The topological polar surface area (TPSA) is 0 Å². The van der Waals surface area contributed by atoms with Crippen LogP contribution in [0, 0.1) is 12.3 Å². The molecule has 1 aliphatic rings. The number of rotatable bonds is 8. The van der Waals surface area contributed by atoms with E-state index in [0.29, 0.717) is 5.92 Å². The van der Waals surface area contributed by atoms with Crippen LogP contribution in [0.25, 0.3) is 6.08 Å². The summed E-state index contributed by atoms with van der Waals surface area (Å²) in [6.45, 7) is 0. The summed E-state index contributed by atoms with van der Waals surface area (Å²) in [6.07, 6.45) is 20.1. The van der Waals surface area contributed by atoms with E-state index < -0.39 is 0 Å². The van der Waals surface area contributed by atoms with Crippen molar-refractivity contribution in [2.45, 2.75) is 57.3 Å². The zero-order valence-electron chi connectivity index (χ0n) is 11.8. The van der Waals surface area contributed by atoms with Crippen molar-refractivity contribution in [2.75, 3.05) is 0 Å². The van der Waals surface area contributed by atoms with Gasteiger partial charge in [-0.25, -0.2) is 0 Å². The smallest absolute Gasteiger partial charge is 0.00860 e. The predicted molar refractivity (Wildman–Crippen MR) is 84.0 cm³/mol. The second-order valence-electron chi connectivity index (χ2n) is 5.46. The highest BCUT2D eigenvalue weighted by molar-refractivity contribution is 5.62. The molecule has 2 rings (SSSR count). The van der Waals surface area contributed by atoms with Crippen molar-refractivity contribution in [1.82, 2.24) is 0 Å². The fourth-order valence-electron chi connectivity index (χ4n) is 2.87. The summed E-state index contributed by atoms with van der Waals surface area (Å²) in [5, 5.41) is 0. The van der Waals surface area contributed by atoms with Gasteiger partial charge in [-0.15, -0.1) is 12.3 Å². The van der Waals surface area contributed by atoms with Crippen LogP contribution in [0.2, 0.25) is 0 Å². The minimum Gasteiger partial charge on any atom is -0.120 e. The lowest BCUT2D eigenvalue weighted by molar-refractivity contribution is 0.569. The van der Waals surface area contributed by atoms with Crippen LogP contribution in [0.4, 0.5) is 0 Å². The Balaban J connectivity index is 1.58. The molecule has 0 aliphatic heterocycles. The highest BCUT2D eigenvalue weighted by atomic mass is 14.2. The lowest BCUT2D eigenvalue weighted by Gasteiger charge is -2.10. The fraction of sp³-hybridized carbons (Fsp3) is 0.474. The number of hydrogen-bond acceptors (Lipinski definition) is 0. The molecule has 0 aromatic heterocycles. The van der Waals surface area contributed by atoms with Gasteiger partial charge in [-0.3, -0.25) is 0 Å². The van der Waals surface area contributed by atoms with Crippen molar-refractivity contribution >= 4 is 6.08 Å². The van der Waals surface area contributed by atoms with E-state index in [-0.39, 0.29) is 0 Å². The first-order valence-electron chi connectivity index (χ1n) is 7.62. The molecule has 19 heavy (non-hydrogen) atoms. The monoisotopic (exact) mass is 252 g/mol. The highest BCUT2D eigenvalue weighted by Gasteiger charge is 2.15. The van der Waals surface area contributed by atoms with Crippen LogP contribution in [0.3, 0.4) is 0 Å². The largest absolute Gasteiger partial charge is 0.120 e. The SMILES string of the molecule is C#CCCCCCCCCC1C=Cc2ccccc21. The standard InChI is InChI=1S/C19H24/c1-2-3-4-5-6-7-8-9-12-17-15-16-18-13-10-11-14-19(17)18/h1,10-11,13-17H,3-9,12H2. The van der Waals surface area contributed by atoms with E-state index in [1.807, 2.05) is 0 Å². The van der Waals surface area contributed by atoms with Gasteiger partial charge in [0, 0.05) is 12.3 Å². The third kappa shape index (κ3) is 4.28. The van der Waals surface area contributed by atoms with Crippen LogP contribution >= 0.6 is 0 Å². The van der Waals surface area contributed by atoms with Crippen LogP contribution < -0.4 is 0 Å². The average molecular weight is 252 g/mol. The Morgan fingerprint density at radius 1 is 0.947 bits per heavy atom. The lowest BCUT2D eigenvalue weighted by Crippen LogP contribution is -1.93. The average Bonchev–Trinajstić information content (AvgIpc) is 2.85. The Kier molecular flexibility index (Phi) is 5.76. The number of benzene rings is 1. The summed E-state index contributed by atoms with van der Waals surface area (Å²) in [5.74, 6) is 3.37. The Bertz CT molecular complexity index is 447. The fourth-order valence-corrected chi connectivity index (χ4v) is 2.87. The van der Waals surface area contributed by atoms with Crippen molar-refractivity contribution in [1.29, 1.82) is 0 Å². The number of terminal acetylenes is 1. The second kappa shape index (κ2) is 7.85. The minimum atomic E-state index is 0.664. The van der Waals surface area contributed by atoms with Crippen LogP contribution in [-0.2, 0) is 0 Å². The molecule has 1 aliphatic carbocycles. The van der Waals surface area contributed by atoms with Crippen LogP contribution in [-0.4, -0.2) is 0 Å². The van der Waals surface area contributed by atoms with Gasteiger partial charge in [-0.05, 0) is 24.0 Å². The summed E-state index contributed by atoms with van der Waals surface area (Å²) in [7, 11) is 0. The van der Waals surface area contributed by atoms with E-state index >= 15 is 0 Å². The van der Waals surface area contributed by atoms with E-state index in [2.05, 4.69) is 42.3 Å². The van der Waals surface area contributed by atoms with E-state index in [1.54, 1.807) is 0 Å². The van der Waals surface area contributed by atoms with Crippen molar-refractivity contribution in [3.8, 4) is 12.3 Å². The van der Waals surface area contributed by atoms with Gasteiger partial charge in [0.15, 0.2) is 0 Å². The Hall–Kier alpha value is -1.48. The number of unbranched alkanes of at least 4 members (excludes halogenated alkanes) is 6. The third-order valence-electron chi connectivity index (χ3n) is 3.99.